The molecular formula is C15H19NO3. The van der Waals surface area contributed by atoms with E-state index in [2.05, 4.69) is 4.57 Å². The zero-order valence-electron chi connectivity index (χ0n) is 11.6. The summed E-state index contributed by atoms with van der Waals surface area (Å²) in [5.41, 5.74) is 3.40. The maximum absolute atomic E-state index is 11.1. The summed E-state index contributed by atoms with van der Waals surface area (Å²) < 4.78 is 2.07. The standard InChI is InChI=1S/C15H19NO3/c1-8(2)16-10(4)13(14(17)15(18)19)11-6-5-9(3)7-12(11)16/h5-8,14,17H,1-4H3,(H,18,19). The summed E-state index contributed by atoms with van der Waals surface area (Å²) in [4.78, 5) is 11.1. The Labute approximate surface area is 112 Å². The fourth-order valence-electron chi connectivity index (χ4n) is 2.71. The van der Waals surface area contributed by atoms with Gasteiger partial charge in [-0.15, -0.1) is 0 Å². The second kappa shape index (κ2) is 4.70. The van der Waals surface area contributed by atoms with E-state index >= 15 is 0 Å². The van der Waals surface area contributed by atoms with Crippen LogP contribution in [0.15, 0.2) is 18.2 Å². The van der Waals surface area contributed by atoms with Gasteiger partial charge in [0.2, 0.25) is 0 Å². The fourth-order valence-corrected chi connectivity index (χ4v) is 2.71. The summed E-state index contributed by atoms with van der Waals surface area (Å²) in [6.45, 7) is 7.95. The SMILES string of the molecule is Cc1ccc2c(C(O)C(=O)O)c(C)n(C(C)C)c2c1. The van der Waals surface area contributed by atoms with Crippen LogP contribution >= 0.6 is 0 Å². The van der Waals surface area contributed by atoms with Gasteiger partial charge in [0.15, 0.2) is 6.10 Å². The van der Waals surface area contributed by atoms with Crippen LogP contribution in [0, 0.1) is 13.8 Å². The quantitative estimate of drug-likeness (QED) is 0.893. The second-order valence-electron chi connectivity index (χ2n) is 5.22. The number of hydrogen-bond donors (Lipinski definition) is 2. The van der Waals surface area contributed by atoms with E-state index in [0.29, 0.717) is 5.56 Å². The Morgan fingerprint density at radius 3 is 2.42 bits per heavy atom. The molecule has 4 heteroatoms. The van der Waals surface area contributed by atoms with Crippen molar-refractivity contribution < 1.29 is 15.0 Å². The summed E-state index contributed by atoms with van der Waals surface area (Å²) in [6.07, 6.45) is -1.48. The minimum atomic E-state index is -1.48. The number of carboxylic acid groups (broad SMARTS) is 1. The van der Waals surface area contributed by atoms with Gasteiger partial charge in [-0.1, -0.05) is 12.1 Å². The molecule has 1 atom stereocenters. The molecule has 0 aliphatic rings. The predicted molar refractivity (Wildman–Crippen MR) is 74.4 cm³/mol. The Morgan fingerprint density at radius 1 is 1.26 bits per heavy atom. The number of rotatable bonds is 3. The zero-order valence-corrected chi connectivity index (χ0v) is 11.6. The lowest BCUT2D eigenvalue weighted by Crippen LogP contribution is -2.12. The Bertz CT molecular complexity index is 640. The molecule has 0 radical (unpaired) electrons. The molecule has 2 rings (SSSR count). The first-order chi connectivity index (χ1) is 8.84. The summed E-state index contributed by atoms with van der Waals surface area (Å²) in [5.74, 6) is -1.22. The molecule has 4 nitrogen and oxygen atoms in total. The van der Waals surface area contributed by atoms with Crippen LogP contribution in [0.4, 0.5) is 0 Å². The summed E-state index contributed by atoms with van der Waals surface area (Å²) in [5, 5.41) is 19.8. The van der Waals surface area contributed by atoms with Crippen molar-refractivity contribution >= 4 is 16.9 Å². The van der Waals surface area contributed by atoms with Gasteiger partial charge in [0.05, 0.1) is 0 Å². The van der Waals surface area contributed by atoms with Crippen molar-refractivity contribution in [1.82, 2.24) is 4.57 Å². The molecule has 2 aromatic rings. The molecular weight excluding hydrogens is 242 g/mol. The van der Waals surface area contributed by atoms with Gasteiger partial charge in [0, 0.05) is 28.2 Å². The molecule has 1 heterocycles. The Kier molecular flexibility index (Phi) is 3.37. The molecule has 0 aliphatic heterocycles. The molecule has 1 aromatic carbocycles. The highest BCUT2D eigenvalue weighted by atomic mass is 16.4. The van der Waals surface area contributed by atoms with Crippen molar-refractivity contribution in [2.75, 3.05) is 0 Å². The molecule has 0 aliphatic carbocycles. The maximum atomic E-state index is 11.1. The Balaban J connectivity index is 2.85. The highest BCUT2D eigenvalue weighted by molar-refractivity contribution is 5.91. The van der Waals surface area contributed by atoms with Gasteiger partial charge in [-0.25, -0.2) is 4.79 Å². The van der Waals surface area contributed by atoms with Crippen LogP contribution in [0.5, 0.6) is 0 Å². The van der Waals surface area contributed by atoms with Gasteiger partial charge in [0.1, 0.15) is 0 Å². The average molecular weight is 261 g/mol. The summed E-state index contributed by atoms with van der Waals surface area (Å²) in [7, 11) is 0. The lowest BCUT2D eigenvalue weighted by molar-refractivity contribution is -0.146. The van der Waals surface area contributed by atoms with Gasteiger partial charge in [-0.2, -0.15) is 0 Å². The molecule has 19 heavy (non-hydrogen) atoms. The topological polar surface area (TPSA) is 62.5 Å². The molecule has 0 spiro atoms. The minimum Gasteiger partial charge on any atom is -0.479 e. The third-order valence-electron chi connectivity index (χ3n) is 3.48. The Morgan fingerprint density at radius 2 is 1.89 bits per heavy atom. The average Bonchev–Trinajstić information content (AvgIpc) is 2.59. The van der Waals surface area contributed by atoms with Gasteiger partial charge in [0.25, 0.3) is 0 Å². The Hall–Kier alpha value is -1.81. The molecule has 0 saturated carbocycles. The molecule has 1 aromatic heterocycles. The third kappa shape index (κ3) is 2.12. The molecule has 0 saturated heterocycles. The number of fused-ring (bicyclic) bond motifs is 1. The van der Waals surface area contributed by atoms with Crippen LogP contribution in [0.25, 0.3) is 10.9 Å². The predicted octanol–water partition coefficient (Wildman–Crippen LogP) is 2.96. The lowest BCUT2D eigenvalue weighted by Gasteiger charge is -2.13. The van der Waals surface area contributed by atoms with E-state index in [0.717, 1.165) is 22.2 Å². The third-order valence-corrected chi connectivity index (χ3v) is 3.48. The summed E-state index contributed by atoms with van der Waals surface area (Å²) >= 11 is 0. The van der Waals surface area contributed by atoms with Crippen LogP contribution in [0.3, 0.4) is 0 Å². The van der Waals surface area contributed by atoms with Crippen molar-refractivity contribution in [3.63, 3.8) is 0 Å². The van der Waals surface area contributed by atoms with Crippen molar-refractivity contribution in [3.05, 3.63) is 35.0 Å². The molecule has 0 bridgehead atoms. The summed E-state index contributed by atoms with van der Waals surface area (Å²) in [6, 6.07) is 6.06. The van der Waals surface area contributed by atoms with E-state index in [9.17, 15) is 9.90 Å². The van der Waals surface area contributed by atoms with E-state index in [1.165, 1.54) is 0 Å². The van der Waals surface area contributed by atoms with Gasteiger partial charge in [-0.05, 0) is 39.3 Å². The van der Waals surface area contributed by atoms with E-state index in [-0.39, 0.29) is 6.04 Å². The molecule has 2 N–H and O–H groups in total. The zero-order chi connectivity index (χ0) is 14.3. The monoisotopic (exact) mass is 261 g/mol. The van der Waals surface area contributed by atoms with Crippen molar-refractivity contribution in [1.29, 1.82) is 0 Å². The van der Waals surface area contributed by atoms with E-state index in [4.69, 9.17) is 5.11 Å². The van der Waals surface area contributed by atoms with E-state index < -0.39 is 12.1 Å². The van der Waals surface area contributed by atoms with Gasteiger partial charge >= 0.3 is 5.97 Å². The largest absolute Gasteiger partial charge is 0.479 e. The normalized spacial score (nSPS) is 13.2. The number of carboxylic acids is 1. The van der Waals surface area contributed by atoms with Crippen LogP contribution < -0.4 is 0 Å². The first-order valence-corrected chi connectivity index (χ1v) is 6.36. The van der Waals surface area contributed by atoms with Crippen molar-refractivity contribution in [2.45, 2.75) is 39.8 Å². The number of nitrogens with zero attached hydrogens (tertiary/aromatic N) is 1. The van der Waals surface area contributed by atoms with Crippen LogP contribution in [-0.4, -0.2) is 20.7 Å². The minimum absolute atomic E-state index is 0.207. The van der Waals surface area contributed by atoms with Crippen LogP contribution in [0.1, 0.15) is 42.8 Å². The molecule has 102 valence electrons. The highest BCUT2D eigenvalue weighted by Gasteiger charge is 2.25. The number of aliphatic hydroxyl groups is 1. The van der Waals surface area contributed by atoms with Crippen molar-refractivity contribution in [2.24, 2.45) is 0 Å². The second-order valence-corrected chi connectivity index (χ2v) is 5.22. The number of aliphatic hydroxyl groups excluding tert-OH is 1. The van der Waals surface area contributed by atoms with Gasteiger partial charge in [-0.3, -0.25) is 0 Å². The molecule has 0 amide bonds. The molecule has 0 fully saturated rings. The maximum Gasteiger partial charge on any atom is 0.337 e. The molecule has 1 unspecified atom stereocenters. The number of hydrogen-bond acceptors (Lipinski definition) is 2. The number of aryl methyl sites for hydroxylation is 1. The van der Waals surface area contributed by atoms with Crippen molar-refractivity contribution in [3.8, 4) is 0 Å². The van der Waals surface area contributed by atoms with E-state index in [1.807, 2.05) is 45.9 Å². The van der Waals surface area contributed by atoms with Crippen LogP contribution in [-0.2, 0) is 4.79 Å². The lowest BCUT2D eigenvalue weighted by atomic mass is 10.0. The smallest absolute Gasteiger partial charge is 0.337 e. The first kappa shape index (κ1) is 13.6. The number of aromatic nitrogens is 1. The van der Waals surface area contributed by atoms with E-state index in [1.54, 1.807) is 0 Å². The first-order valence-electron chi connectivity index (χ1n) is 6.36. The van der Waals surface area contributed by atoms with Gasteiger partial charge < -0.3 is 14.8 Å². The number of benzene rings is 1. The fraction of sp³-hybridized carbons (Fsp3) is 0.400. The number of carbonyl (C=O) groups is 1. The number of aliphatic carboxylic acids is 1. The van der Waals surface area contributed by atoms with Crippen LogP contribution in [0.2, 0.25) is 0 Å². The highest BCUT2D eigenvalue weighted by Crippen LogP contribution is 2.33.